The smallest absolute Gasteiger partial charge is 0.326 e. The monoisotopic (exact) mass is 473 g/mol. The summed E-state index contributed by atoms with van der Waals surface area (Å²) in [5, 5.41) is 2.83. The number of urea groups is 1. The lowest BCUT2D eigenvalue weighted by atomic mass is 10.1. The Balaban J connectivity index is 1.54. The molecule has 0 bridgehead atoms. The second kappa shape index (κ2) is 10.5. The first-order valence-corrected chi connectivity index (χ1v) is 11.7. The van der Waals surface area contributed by atoms with Gasteiger partial charge >= 0.3 is 6.03 Å². The molecule has 180 valence electrons. The number of rotatable bonds is 8. The van der Waals surface area contributed by atoms with Crippen LogP contribution in [0.5, 0.6) is 0 Å². The minimum absolute atomic E-state index is 0.161. The van der Waals surface area contributed by atoms with Crippen LogP contribution < -0.4 is 10.2 Å². The van der Waals surface area contributed by atoms with Crippen molar-refractivity contribution in [2.45, 2.75) is 39.2 Å². The Morgan fingerprint density at radius 2 is 1.54 bits per heavy atom. The van der Waals surface area contributed by atoms with E-state index in [2.05, 4.69) is 12.2 Å². The molecule has 7 heteroatoms. The van der Waals surface area contributed by atoms with Crippen LogP contribution in [0.1, 0.15) is 30.0 Å². The van der Waals surface area contributed by atoms with Gasteiger partial charge in [0.25, 0.3) is 5.91 Å². The zero-order valence-electron chi connectivity index (χ0n) is 19.8. The average molecular weight is 474 g/mol. The molecule has 6 nitrogen and oxygen atoms in total. The number of benzene rings is 3. The quantitative estimate of drug-likeness (QED) is 0.463. The standard InChI is InChI=1S/C28H28FN3O3/c1-3-20-8-12-23(13-9-20)30-26(33)18-25-27(34)32(24-14-4-19(2)5-15-24)28(35)31(25)17-16-21-6-10-22(29)11-7-21/h4-15,25H,3,16-18H2,1-2H3,(H,30,33)/t25-/m0/s1. The van der Waals surface area contributed by atoms with Crippen LogP contribution in [0.15, 0.2) is 72.8 Å². The number of carbonyl (C=O) groups is 3. The Kier molecular flexibility index (Phi) is 7.25. The highest BCUT2D eigenvalue weighted by Crippen LogP contribution is 2.28. The van der Waals surface area contributed by atoms with Crippen molar-refractivity contribution in [3.63, 3.8) is 0 Å². The van der Waals surface area contributed by atoms with Gasteiger partial charge in [-0.2, -0.15) is 0 Å². The Morgan fingerprint density at radius 1 is 0.914 bits per heavy atom. The maximum absolute atomic E-state index is 13.4. The Hall–Kier alpha value is -4.00. The zero-order chi connectivity index (χ0) is 24.9. The van der Waals surface area contributed by atoms with Crippen LogP contribution in [0.2, 0.25) is 0 Å². The molecule has 1 fully saturated rings. The lowest BCUT2D eigenvalue weighted by molar-refractivity contribution is -0.124. The zero-order valence-corrected chi connectivity index (χ0v) is 19.8. The third-order valence-corrected chi connectivity index (χ3v) is 6.19. The number of anilines is 2. The molecule has 0 saturated carbocycles. The Bertz CT molecular complexity index is 1210. The molecule has 1 aliphatic rings. The topological polar surface area (TPSA) is 69.7 Å². The van der Waals surface area contributed by atoms with Gasteiger partial charge in [-0.15, -0.1) is 0 Å². The van der Waals surface area contributed by atoms with Crippen molar-refractivity contribution in [1.82, 2.24) is 4.90 Å². The molecule has 0 aromatic heterocycles. The van der Waals surface area contributed by atoms with E-state index in [0.717, 1.165) is 28.0 Å². The fourth-order valence-electron chi connectivity index (χ4n) is 4.13. The van der Waals surface area contributed by atoms with E-state index < -0.39 is 18.0 Å². The summed E-state index contributed by atoms with van der Waals surface area (Å²) in [6, 6.07) is 19.3. The average Bonchev–Trinajstić information content (AvgIpc) is 3.08. The number of nitrogens with zero attached hydrogens (tertiary/aromatic N) is 2. The fraction of sp³-hybridized carbons (Fsp3) is 0.250. The van der Waals surface area contributed by atoms with E-state index >= 15 is 0 Å². The van der Waals surface area contributed by atoms with Crippen molar-refractivity contribution >= 4 is 29.2 Å². The van der Waals surface area contributed by atoms with Crippen molar-refractivity contribution in [3.05, 3.63) is 95.3 Å². The first kappa shape index (κ1) is 24.1. The van der Waals surface area contributed by atoms with Crippen LogP contribution in [0.25, 0.3) is 0 Å². The predicted octanol–water partition coefficient (Wildman–Crippen LogP) is 5.11. The van der Waals surface area contributed by atoms with Gasteiger partial charge in [-0.1, -0.05) is 48.9 Å². The summed E-state index contributed by atoms with van der Waals surface area (Å²) in [6.07, 6.45) is 1.16. The van der Waals surface area contributed by atoms with E-state index in [1.54, 1.807) is 24.3 Å². The van der Waals surface area contributed by atoms with E-state index in [1.807, 2.05) is 43.3 Å². The number of carbonyl (C=O) groups excluding carboxylic acids is 3. The fourth-order valence-corrected chi connectivity index (χ4v) is 4.13. The van der Waals surface area contributed by atoms with E-state index in [-0.39, 0.29) is 24.7 Å². The molecule has 4 amide bonds. The van der Waals surface area contributed by atoms with Gasteiger partial charge in [-0.05, 0) is 67.3 Å². The lowest BCUT2D eigenvalue weighted by Gasteiger charge is -2.21. The highest BCUT2D eigenvalue weighted by molar-refractivity contribution is 6.22. The summed E-state index contributed by atoms with van der Waals surface area (Å²) in [4.78, 5) is 42.1. The van der Waals surface area contributed by atoms with Crippen LogP contribution in [0.3, 0.4) is 0 Å². The first-order chi connectivity index (χ1) is 16.9. The van der Waals surface area contributed by atoms with Gasteiger partial charge in [0.05, 0.1) is 12.1 Å². The second-order valence-electron chi connectivity index (χ2n) is 8.68. The number of amides is 4. The summed E-state index contributed by atoms with van der Waals surface area (Å²) in [6.45, 7) is 4.20. The van der Waals surface area contributed by atoms with Crippen molar-refractivity contribution in [1.29, 1.82) is 0 Å². The molecule has 0 aliphatic carbocycles. The highest BCUT2D eigenvalue weighted by Gasteiger charge is 2.46. The molecule has 3 aromatic carbocycles. The van der Waals surface area contributed by atoms with Crippen molar-refractivity contribution < 1.29 is 18.8 Å². The third-order valence-electron chi connectivity index (χ3n) is 6.19. The summed E-state index contributed by atoms with van der Waals surface area (Å²) in [7, 11) is 0. The molecule has 1 saturated heterocycles. The minimum Gasteiger partial charge on any atom is -0.326 e. The van der Waals surface area contributed by atoms with Crippen molar-refractivity contribution in [2.24, 2.45) is 0 Å². The number of imide groups is 1. The van der Waals surface area contributed by atoms with Gasteiger partial charge in [-0.3, -0.25) is 9.59 Å². The third kappa shape index (κ3) is 5.57. The van der Waals surface area contributed by atoms with Gasteiger partial charge in [-0.25, -0.2) is 14.1 Å². The van der Waals surface area contributed by atoms with Crippen molar-refractivity contribution in [3.8, 4) is 0 Å². The number of aryl methyl sites for hydroxylation is 2. The van der Waals surface area contributed by atoms with E-state index in [9.17, 15) is 18.8 Å². The minimum atomic E-state index is -0.931. The molecule has 1 N–H and O–H groups in total. The highest BCUT2D eigenvalue weighted by atomic mass is 19.1. The molecule has 3 aromatic rings. The molecule has 0 spiro atoms. The molecule has 0 unspecified atom stereocenters. The SMILES string of the molecule is CCc1ccc(NC(=O)C[C@H]2C(=O)N(c3ccc(C)cc3)C(=O)N2CCc2ccc(F)cc2)cc1. The van der Waals surface area contributed by atoms with Crippen LogP contribution in [0, 0.1) is 12.7 Å². The molecular formula is C28H28FN3O3. The predicted molar refractivity (Wildman–Crippen MR) is 134 cm³/mol. The van der Waals surface area contributed by atoms with Gasteiger partial charge in [0.2, 0.25) is 5.91 Å². The summed E-state index contributed by atoms with van der Waals surface area (Å²) in [5.74, 6) is -1.12. The van der Waals surface area contributed by atoms with Gasteiger partial charge in [0.1, 0.15) is 11.9 Å². The molecule has 1 aliphatic heterocycles. The Labute approximate surface area is 204 Å². The van der Waals surface area contributed by atoms with Crippen molar-refractivity contribution in [2.75, 3.05) is 16.8 Å². The summed E-state index contributed by atoms with van der Waals surface area (Å²) < 4.78 is 13.3. The molecule has 35 heavy (non-hydrogen) atoms. The summed E-state index contributed by atoms with van der Waals surface area (Å²) in [5.41, 5.74) is 4.10. The normalized spacial score (nSPS) is 15.6. The first-order valence-electron chi connectivity index (χ1n) is 11.7. The number of nitrogens with one attached hydrogen (secondary N) is 1. The lowest BCUT2D eigenvalue weighted by Crippen LogP contribution is -2.39. The van der Waals surface area contributed by atoms with Gasteiger partial charge < -0.3 is 10.2 Å². The maximum atomic E-state index is 13.4. The van der Waals surface area contributed by atoms with E-state index in [4.69, 9.17) is 0 Å². The molecule has 1 heterocycles. The second-order valence-corrected chi connectivity index (χ2v) is 8.68. The summed E-state index contributed by atoms with van der Waals surface area (Å²) >= 11 is 0. The molecule has 4 rings (SSSR count). The molecule has 1 atom stereocenters. The largest absolute Gasteiger partial charge is 0.332 e. The van der Waals surface area contributed by atoms with E-state index in [0.29, 0.717) is 17.8 Å². The molecular weight excluding hydrogens is 445 g/mol. The number of halogens is 1. The molecule has 0 radical (unpaired) electrons. The van der Waals surface area contributed by atoms with Crippen LogP contribution in [0.4, 0.5) is 20.6 Å². The maximum Gasteiger partial charge on any atom is 0.332 e. The van der Waals surface area contributed by atoms with Crippen LogP contribution >= 0.6 is 0 Å². The van der Waals surface area contributed by atoms with Crippen LogP contribution in [-0.4, -0.2) is 35.3 Å². The number of hydrogen-bond acceptors (Lipinski definition) is 3. The van der Waals surface area contributed by atoms with Gasteiger partial charge in [0.15, 0.2) is 0 Å². The van der Waals surface area contributed by atoms with E-state index in [1.165, 1.54) is 17.0 Å². The van der Waals surface area contributed by atoms with Crippen LogP contribution in [-0.2, 0) is 22.4 Å². The Morgan fingerprint density at radius 3 is 2.17 bits per heavy atom. The number of hydrogen-bond donors (Lipinski definition) is 1. The van der Waals surface area contributed by atoms with Gasteiger partial charge in [0, 0.05) is 12.2 Å².